The minimum absolute atomic E-state index is 0.112. The quantitative estimate of drug-likeness (QED) is 0.626. The largest absolute Gasteiger partial charge is 0.326 e. The topological polar surface area (TPSA) is 63.2 Å². The van der Waals surface area contributed by atoms with Gasteiger partial charge in [-0.3, -0.25) is 0 Å². The molecule has 1 aromatic heterocycles. The molecule has 0 spiro atoms. The van der Waals surface area contributed by atoms with Crippen molar-refractivity contribution in [3.05, 3.63) is 41.3 Å². The molecule has 20 heavy (non-hydrogen) atoms. The predicted octanol–water partition coefficient (Wildman–Crippen LogP) is 2.75. The lowest BCUT2D eigenvalue weighted by Gasteiger charge is -2.18. The zero-order valence-corrected chi connectivity index (χ0v) is 12.5. The third kappa shape index (κ3) is 2.46. The molecule has 3 rings (SSSR count). The fourth-order valence-electron chi connectivity index (χ4n) is 2.24. The Labute approximate surface area is 125 Å². The lowest BCUT2D eigenvalue weighted by atomic mass is 10.2. The highest BCUT2D eigenvalue weighted by atomic mass is 35.7. The van der Waals surface area contributed by atoms with Crippen LogP contribution in [0.4, 0.5) is 11.5 Å². The van der Waals surface area contributed by atoms with Crippen LogP contribution >= 0.6 is 22.3 Å². The fraction of sp³-hybridized carbons (Fsp3) is 0.167. The van der Waals surface area contributed by atoms with E-state index in [0.717, 1.165) is 17.7 Å². The van der Waals surface area contributed by atoms with Gasteiger partial charge in [0.1, 0.15) is 17.3 Å². The van der Waals surface area contributed by atoms with E-state index in [2.05, 4.69) is 9.97 Å². The van der Waals surface area contributed by atoms with Crippen LogP contribution < -0.4 is 4.90 Å². The van der Waals surface area contributed by atoms with Crippen molar-refractivity contribution < 1.29 is 8.42 Å². The summed E-state index contributed by atoms with van der Waals surface area (Å²) in [6, 6.07) is 6.49. The zero-order chi connectivity index (χ0) is 14.3. The molecular weight excluding hydrogens is 321 g/mol. The van der Waals surface area contributed by atoms with E-state index in [1.54, 1.807) is 18.2 Å². The number of aromatic nitrogens is 2. The molecule has 0 saturated heterocycles. The predicted molar refractivity (Wildman–Crippen MR) is 77.2 cm³/mol. The molecule has 0 unspecified atom stereocenters. The molecule has 0 fully saturated rings. The summed E-state index contributed by atoms with van der Waals surface area (Å²) in [7, 11) is 1.65. The van der Waals surface area contributed by atoms with Gasteiger partial charge in [0, 0.05) is 29.0 Å². The van der Waals surface area contributed by atoms with Gasteiger partial charge in [-0.25, -0.2) is 18.4 Å². The van der Waals surface area contributed by atoms with Crippen LogP contribution in [-0.2, 0) is 15.5 Å². The zero-order valence-electron chi connectivity index (χ0n) is 10.1. The molecular formula is C12H9Cl2N3O2S. The lowest BCUT2D eigenvalue weighted by molar-refractivity contribution is 0.609. The SMILES string of the molecule is O=S(=O)(Cl)c1ccc2c(c1)CCN2c1cc(Cl)ncn1. The first-order valence-corrected chi connectivity index (χ1v) is 8.46. The Morgan fingerprint density at radius 2 is 2.00 bits per heavy atom. The summed E-state index contributed by atoms with van der Waals surface area (Å²) in [5.74, 6) is 0.685. The van der Waals surface area contributed by atoms with Gasteiger partial charge in [-0.15, -0.1) is 0 Å². The fourth-order valence-corrected chi connectivity index (χ4v) is 3.18. The molecule has 2 aromatic rings. The summed E-state index contributed by atoms with van der Waals surface area (Å²) in [5, 5.41) is 0.364. The summed E-state index contributed by atoms with van der Waals surface area (Å²) in [6.07, 6.45) is 2.12. The van der Waals surface area contributed by atoms with Crippen LogP contribution in [0.25, 0.3) is 0 Å². The van der Waals surface area contributed by atoms with Crippen molar-refractivity contribution in [1.82, 2.24) is 9.97 Å². The summed E-state index contributed by atoms with van der Waals surface area (Å²) < 4.78 is 22.7. The number of rotatable bonds is 2. The highest BCUT2D eigenvalue weighted by molar-refractivity contribution is 8.13. The van der Waals surface area contributed by atoms with E-state index in [1.165, 1.54) is 12.4 Å². The van der Waals surface area contributed by atoms with Gasteiger partial charge >= 0.3 is 0 Å². The average molecular weight is 330 g/mol. The number of fused-ring (bicyclic) bond motifs is 1. The smallest absolute Gasteiger partial charge is 0.261 e. The van der Waals surface area contributed by atoms with E-state index in [9.17, 15) is 8.42 Å². The Morgan fingerprint density at radius 3 is 2.70 bits per heavy atom. The Bertz CT molecular complexity index is 780. The Hall–Kier alpha value is -1.37. The van der Waals surface area contributed by atoms with Gasteiger partial charge in [0.15, 0.2) is 0 Å². The van der Waals surface area contributed by atoms with Gasteiger partial charge in [0.2, 0.25) is 0 Å². The first-order valence-electron chi connectivity index (χ1n) is 5.78. The number of halogens is 2. The minimum atomic E-state index is -3.71. The van der Waals surface area contributed by atoms with Crippen LogP contribution in [0.15, 0.2) is 35.5 Å². The van der Waals surface area contributed by atoms with E-state index in [-0.39, 0.29) is 4.90 Å². The van der Waals surface area contributed by atoms with E-state index >= 15 is 0 Å². The van der Waals surface area contributed by atoms with Crippen molar-refractivity contribution in [3.8, 4) is 0 Å². The van der Waals surface area contributed by atoms with Crippen LogP contribution in [0.3, 0.4) is 0 Å². The van der Waals surface area contributed by atoms with E-state index in [4.69, 9.17) is 22.3 Å². The van der Waals surface area contributed by atoms with Gasteiger partial charge in [-0.1, -0.05) is 11.6 Å². The van der Waals surface area contributed by atoms with Gasteiger partial charge < -0.3 is 4.90 Å². The number of benzene rings is 1. The maximum Gasteiger partial charge on any atom is 0.261 e. The Morgan fingerprint density at radius 1 is 1.20 bits per heavy atom. The molecule has 0 atom stereocenters. The molecule has 1 aliphatic heterocycles. The highest BCUT2D eigenvalue weighted by Crippen LogP contribution is 2.35. The number of hydrogen-bond donors (Lipinski definition) is 0. The van der Waals surface area contributed by atoms with Gasteiger partial charge in [-0.2, -0.15) is 0 Å². The van der Waals surface area contributed by atoms with Crippen molar-refractivity contribution in [2.24, 2.45) is 0 Å². The molecule has 0 N–H and O–H groups in total. The highest BCUT2D eigenvalue weighted by Gasteiger charge is 2.23. The summed E-state index contributed by atoms with van der Waals surface area (Å²) in [4.78, 5) is 10.1. The molecule has 2 heterocycles. The third-order valence-corrected chi connectivity index (χ3v) is 4.68. The third-order valence-electron chi connectivity index (χ3n) is 3.12. The second-order valence-electron chi connectivity index (χ2n) is 4.33. The van der Waals surface area contributed by atoms with Crippen LogP contribution in [0.2, 0.25) is 5.15 Å². The monoisotopic (exact) mass is 329 g/mol. The summed E-state index contributed by atoms with van der Waals surface area (Å²) >= 11 is 5.86. The Kier molecular flexibility index (Phi) is 3.32. The number of anilines is 2. The lowest BCUT2D eigenvalue weighted by Crippen LogP contribution is -2.14. The van der Waals surface area contributed by atoms with Gasteiger partial charge in [-0.05, 0) is 30.2 Å². The van der Waals surface area contributed by atoms with Crippen molar-refractivity contribution >= 4 is 42.8 Å². The summed E-state index contributed by atoms with van der Waals surface area (Å²) in [5.41, 5.74) is 1.82. The van der Waals surface area contributed by atoms with E-state index in [1.807, 2.05) is 4.90 Å². The van der Waals surface area contributed by atoms with E-state index < -0.39 is 9.05 Å². The van der Waals surface area contributed by atoms with Crippen molar-refractivity contribution in [2.45, 2.75) is 11.3 Å². The standard InChI is InChI=1S/C12H9Cl2N3O2S/c13-11-6-12(16-7-15-11)17-4-3-8-5-9(20(14,18)19)1-2-10(8)17/h1-2,5-7H,3-4H2. The first-order chi connectivity index (χ1) is 9.45. The molecule has 1 aliphatic rings. The maximum absolute atomic E-state index is 11.3. The molecule has 0 amide bonds. The van der Waals surface area contributed by atoms with Gasteiger partial charge in [0.05, 0.1) is 4.90 Å². The van der Waals surface area contributed by atoms with Crippen LogP contribution in [0.5, 0.6) is 0 Å². The summed E-state index contributed by atoms with van der Waals surface area (Å²) in [6.45, 7) is 0.703. The minimum Gasteiger partial charge on any atom is -0.326 e. The molecule has 104 valence electrons. The molecule has 0 bridgehead atoms. The average Bonchev–Trinajstić information content (AvgIpc) is 2.80. The van der Waals surface area contributed by atoms with Crippen LogP contribution in [-0.4, -0.2) is 24.9 Å². The number of nitrogens with zero attached hydrogens (tertiary/aromatic N) is 3. The molecule has 0 aliphatic carbocycles. The van der Waals surface area contributed by atoms with Crippen LogP contribution in [0, 0.1) is 0 Å². The number of hydrogen-bond acceptors (Lipinski definition) is 5. The maximum atomic E-state index is 11.3. The van der Waals surface area contributed by atoms with Crippen molar-refractivity contribution in [3.63, 3.8) is 0 Å². The van der Waals surface area contributed by atoms with Gasteiger partial charge in [0.25, 0.3) is 9.05 Å². The Balaban J connectivity index is 2.03. The second-order valence-corrected chi connectivity index (χ2v) is 7.28. The molecule has 0 saturated carbocycles. The first kappa shape index (κ1) is 13.6. The molecule has 5 nitrogen and oxygen atoms in total. The molecule has 1 aromatic carbocycles. The van der Waals surface area contributed by atoms with Crippen LogP contribution in [0.1, 0.15) is 5.56 Å². The normalized spacial score (nSPS) is 14.4. The van der Waals surface area contributed by atoms with Crippen molar-refractivity contribution in [1.29, 1.82) is 0 Å². The van der Waals surface area contributed by atoms with E-state index in [0.29, 0.717) is 17.5 Å². The molecule has 0 radical (unpaired) electrons. The second kappa shape index (κ2) is 4.87. The van der Waals surface area contributed by atoms with Crippen molar-refractivity contribution in [2.75, 3.05) is 11.4 Å². The molecule has 8 heteroatoms.